The standard InChI is InChI=1S/C14H14O6.C13H20N4O3/c1-9(2)13(17)19-7-8-20-14(18)11-6-4-3-5-10(11)12(15)16;1-11(2)12(18)20-9-6-16-13(19)15-4-3-7-17-8-5-14-10-17/h3-6H,1,7-8H2,2H3,(H,15,16);5,8,10H,1,3-4,6-7,9H2,2H3,(H2,15,16,19)/p+1. The molecule has 216 valence electrons. The van der Waals surface area contributed by atoms with Crippen molar-refractivity contribution in [1.82, 2.24) is 15.6 Å². The van der Waals surface area contributed by atoms with Crippen molar-refractivity contribution in [2.75, 3.05) is 32.9 Å². The number of hydrogen-bond acceptors (Lipinski definition) is 8. The van der Waals surface area contributed by atoms with Gasteiger partial charge in [-0.25, -0.2) is 28.5 Å². The summed E-state index contributed by atoms with van der Waals surface area (Å²) in [6.45, 7) is 11.5. The molecule has 0 unspecified atom stereocenters. The van der Waals surface area contributed by atoms with Crippen molar-refractivity contribution in [3.8, 4) is 0 Å². The highest BCUT2D eigenvalue weighted by atomic mass is 16.6. The van der Waals surface area contributed by atoms with E-state index in [1.165, 1.54) is 31.2 Å². The van der Waals surface area contributed by atoms with Crippen molar-refractivity contribution < 1.29 is 47.9 Å². The number of carboxylic acids is 1. The summed E-state index contributed by atoms with van der Waals surface area (Å²) in [5, 5.41) is 14.3. The quantitative estimate of drug-likeness (QED) is 0.0883. The fourth-order valence-electron chi connectivity index (χ4n) is 2.73. The molecule has 2 amide bonds. The molecule has 13 heteroatoms. The molecule has 2 aromatic rings. The van der Waals surface area contributed by atoms with Gasteiger partial charge in [-0.2, -0.15) is 0 Å². The Bertz CT molecular complexity index is 1180. The third kappa shape index (κ3) is 13.6. The van der Waals surface area contributed by atoms with Gasteiger partial charge >= 0.3 is 29.9 Å². The first-order chi connectivity index (χ1) is 19.0. The van der Waals surface area contributed by atoms with Crippen LogP contribution in [0.3, 0.4) is 0 Å². The maximum atomic E-state index is 11.7. The lowest BCUT2D eigenvalue weighted by molar-refractivity contribution is -0.695. The molecular weight excluding hydrogens is 524 g/mol. The van der Waals surface area contributed by atoms with Gasteiger partial charge in [0.1, 0.15) is 32.2 Å². The zero-order valence-electron chi connectivity index (χ0n) is 22.6. The van der Waals surface area contributed by atoms with Gasteiger partial charge in [-0.3, -0.25) is 4.98 Å². The van der Waals surface area contributed by atoms with Gasteiger partial charge < -0.3 is 30.0 Å². The minimum Gasteiger partial charge on any atom is -0.478 e. The number of ether oxygens (including phenoxy) is 3. The van der Waals surface area contributed by atoms with E-state index in [4.69, 9.17) is 19.3 Å². The molecular formula is C27H35N4O9+. The number of aryl methyl sites for hydroxylation is 1. The van der Waals surface area contributed by atoms with Crippen LogP contribution in [0.15, 0.2) is 67.3 Å². The van der Waals surface area contributed by atoms with Crippen molar-refractivity contribution in [3.63, 3.8) is 0 Å². The van der Waals surface area contributed by atoms with Crippen molar-refractivity contribution in [3.05, 3.63) is 78.4 Å². The van der Waals surface area contributed by atoms with Crippen LogP contribution >= 0.6 is 0 Å². The fraction of sp³-hybridized carbons (Fsp3) is 0.333. The third-order valence-electron chi connectivity index (χ3n) is 4.73. The number of carbonyl (C=O) groups is 5. The van der Waals surface area contributed by atoms with Gasteiger partial charge in [0.2, 0.25) is 6.33 Å². The van der Waals surface area contributed by atoms with Crippen LogP contribution in [-0.2, 0) is 30.3 Å². The van der Waals surface area contributed by atoms with Gasteiger partial charge in [0.05, 0.1) is 24.2 Å². The number of aromatic carboxylic acids is 1. The first kappa shape index (κ1) is 33.1. The molecule has 1 heterocycles. The van der Waals surface area contributed by atoms with Gasteiger partial charge in [-0.15, -0.1) is 0 Å². The number of hydrogen-bond donors (Lipinski definition) is 4. The van der Waals surface area contributed by atoms with Crippen molar-refractivity contribution in [2.24, 2.45) is 0 Å². The lowest BCUT2D eigenvalue weighted by Crippen LogP contribution is -2.39. The number of carboxylic acid groups (broad SMARTS) is 1. The number of imidazole rings is 1. The first-order valence-electron chi connectivity index (χ1n) is 12.2. The van der Waals surface area contributed by atoms with Crippen molar-refractivity contribution in [1.29, 1.82) is 0 Å². The number of H-pyrrole nitrogens is 1. The van der Waals surface area contributed by atoms with E-state index >= 15 is 0 Å². The van der Waals surface area contributed by atoms with Crippen molar-refractivity contribution >= 4 is 29.9 Å². The average Bonchev–Trinajstić information content (AvgIpc) is 3.45. The summed E-state index contributed by atoms with van der Waals surface area (Å²) in [4.78, 5) is 59.1. The molecule has 0 bridgehead atoms. The number of esters is 3. The number of amides is 2. The Balaban J connectivity index is 0.000000400. The predicted molar refractivity (Wildman–Crippen MR) is 142 cm³/mol. The zero-order chi connectivity index (χ0) is 29.9. The third-order valence-corrected chi connectivity index (χ3v) is 4.73. The molecule has 0 saturated heterocycles. The van der Waals surface area contributed by atoms with E-state index in [9.17, 15) is 24.0 Å². The van der Waals surface area contributed by atoms with Gasteiger partial charge in [0.15, 0.2) is 0 Å². The summed E-state index contributed by atoms with van der Waals surface area (Å²) < 4.78 is 16.4. The van der Waals surface area contributed by atoms with Gasteiger partial charge in [0.25, 0.3) is 0 Å². The summed E-state index contributed by atoms with van der Waals surface area (Å²) in [6, 6.07) is 5.43. The lowest BCUT2D eigenvalue weighted by atomic mass is 10.1. The van der Waals surface area contributed by atoms with Gasteiger partial charge in [-0.05, 0) is 26.0 Å². The van der Waals surface area contributed by atoms with Crippen LogP contribution in [0.25, 0.3) is 0 Å². The van der Waals surface area contributed by atoms with E-state index < -0.39 is 23.9 Å². The lowest BCUT2D eigenvalue weighted by Gasteiger charge is -2.07. The monoisotopic (exact) mass is 559 g/mol. The second kappa shape index (κ2) is 18.3. The molecule has 0 radical (unpaired) electrons. The molecule has 1 aromatic heterocycles. The highest BCUT2D eigenvalue weighted by molar-refractivity contribution is 6.02. The minimum atomic E-state index is -1.22. The number of aromatic amines is 1. The van der Waals surface area contributed by atoms with Crippen LogP contribution in [-0.4, -0.2) is 72.9 Å². The molecule has 1 aromatic carbocycles. The Morgan fingerprint density at radius 1 is 0.875 bits per heavy atom. The second-order valence-corrected chi connectivity index (χ2v) is 8.20. The molecule has 0 aliphatic rings. The van der Waals surface area contributed by atoms with Crippen LogP contribution in [0.1, 0.15) is 41.0 Å². The normalized spacial score (nSPS) is 9.75. The average molecular weight is 560 g/mol. The van der Waals surface area contributed by atoms with Gasteiger partial charge in [0, 0.05) is 24.1 Å². The molecule has 0 atom stereocenters. The molecule has 0 aliphatic heterocycles. The topological polar surface area (TPSA) is 177 Å². The van der Waals surface area contributed by atoms with E-state index in [1.54, 1.807) is 6.92 Å². The van der Waals surface area contributed by atoms with Crippen molar-refractivity contribution in [2.45, 2.75) is 26.8 Å². The Kier molecular flexibility index (Phi) is 15.2. The molecule has 0 fully saturated rings. The smallest absolute Gasteiger partial charge is 0.339 e. The number of nitrogens with zero attached hydrogens (tertiary/aromatic N) is 1. The van der Waals surface area contributed by atoms with E-state index in [1.807, 2.05) is 23.3 Å². The Labute approximate surface area is 231 Å². The molecule has 0 aliphatic carbocycles. The molecule has 13 nitrogen and oxygen atoms in total. The molecule has 0 spiro atoms. The maximum absolute atomic E-state index is 11.7. The number of rotatable bonds is 14. The molecule has 0 saturated carbocycles. The Morgan fingerprint density at radius 2 is 1.45 bits per heavy atom. The maximum Gasteiger partial charge on any atom is 0.339 e. The highest BCUT2D eigenvalue weighted by Gasteiger charge is 2.17. The van der Waals surface area contributed by atoms with Gasteiger partial charge in [-0.1, -0.05) is 25.3 Å². The first-order valence-corrected chi connectivity index (χ1v) is 12.2. The zero-order valence-corrected chi connectivity index (χ0v) is 22.6. The van der Waals surface area contributed by atoms with E-state index in [2.05, 4.69) is 28.8 Å². The summed E-state index contributed by atoms with van der Waals surface area (Å²) in [5.41, 5.74) is 0.395. The summed E-state index contributed by atoms with van der Waals surface area (Å²) in [6.07, 6.45) is 6.46. The fourth-order valence-corrected chi connectivity index (χ4v) is 2.73. The number of carbonyl (C=O) groups excluding carboxylic acids is 4. The van der Waals surface area contributed by atoms with Crippen LogP contribution in [0, 0.1) is 0 Å². The van der Waals surface area contributed by atoms with Crippen LogP contribution in [0.5, 0.6) is 0 Å². The highest BCUT2D eigenvalue weighted by Crippen LogP contribution is 2.10. The van der Waals surface area contributed by atoms with E-state index in [0.717, 1.165) is 13.0 Å². The Morgan fingerprint density at radius 3 is 2.02 bits per heavy atom. The molecule has 40 heavy (non-hydrogen) atoms. The van der Waals surface area contributed by atoms with Crippen LogP contribution < -0.4 is 15.2 Å². The van der Waals surface area contributed by atoms with E-state index in [0.29, 0.717) is 12.1 Å². The number of urea groups is 1. The summed E-state index contributed by atoms with van der Waals surface area (Å²) in [7, 11) is 0. The van der Waals surface area contributed by atoms with Crippen LogP contribution in [0.2, 0.25) is 0 Å². The Hall–Kier alpha value is -4.94. The number of nitrogens with one attached hydrogen (secondary N) is 3. The predicted octanol–water partition coefficient (Wildman–Crippen LogP) is 1.77. The van der Waals surface area contributed by atoms with E-state index in [-0.39, 0.29) is 49.1 Å². The second-order valence-electron chi connectivity index (χ2n) is 8.20. The number of benzene rings is 1. The molecule has 2 rings (SSSR count). The SMILES string of the molecule is C=C(C)C(=O)OCCNC(=O)NCCC[n+]1cc[nH]c1.C=C(C)C(=O)OCCOC(=O)c1ccccc1C(=O)O. The minimum absolute atomic E-state index is 0.0498. The van der Waals surface area contributed by atoms with Crippen LogP contribution in [0.4, 0.5) is 4.79 Å². The molecule has 4 N–H and O–H groups in total. The number of aromatic nitrogens is 2. The summed E-state index contributed by atoms with van der Waals surface area (Å²) >= 11 is 0. The largest absolute Gasteiger partial charge is 0.478 e. The summed E-state index contributed by atoms with van der Waals surface area (Å²) in [5.74, 6) is -3.02.